The maximum absolute atomic E-state index is 5.67. The number of anilines is 1. The summed E-state index contributed by atoms with van der Waals surface area (Å²) >= 11 is 1.88. The van der Waals surface area contributed by atoms with Gasteiger partial charge >= 0.3 is 0 Å². The van der Waals surface area contributed by atoms with Crippen molar-refractivity contribution in [3.63, 3.8) is 0 Å². The number of thioether (sulfide) groups is 1. The van der Waals surface area contributed by atoms with Crippen molar-refractivity contribution < 1.29 is 4.74 Å². The average Bonchev–Trinajstić information content (AvgIpc) is 2.48. The van der Waals surface area contributed by atoms with Crippen LogP contribution in [0.5, 0.6) is 5.75 Å². The van der Waals surface area contributed by atoms with Crippen molar-refractivity contribution in [1.82, 2.24) is 0 Å². The Labute approximate surface area is 125 Å². The minimum atomic E-state index is 0.771. The first kappa shape index (κ1) is 14.8. The number of rotatable bonds is 7. The molecule has 0 saturated carbocycles. The molecule has 0 amide bonds. The van der Waals surface area contributed by atoms with E-state index in [0.717, 1.165) is 24.5 Å². The molecule has 3 heteroatoms. The monoisotopic (exact) mass is 287 g/mol. The SMILES string of the molecule is CN(C)c1ccc(SCCCOc2ccccc2)cc1. The second-order valence-electron chi connectivity index (χ2n) is 4.75. The zero-order valence-electron chi connectivity index (χ0n) is 12.1. The molecular formula is C17H21NOS. The van der Waals surface area contributed by atoms with Crippen LogP contribution in [0.4, 0.5) is 5.69 Å². The van der Waals surface area contributed by atoms with Crippen molar-refractivity contribution in [1.29, 1.82) is 0 Å². The first-order valence-corrected chi connectivity index (χ1v) is 7.82. The lowest BCUT2D eigenvalue weighted by Gasteiger charge is -2.12. The molecule has 2 aromatic carbocycles. The molecule has 106 valence electrons. The molecule has 0 aliphatic rings. The van der Waals surface area contributed by atoms with Gasteiger partial charge in [0.25, 0.3) is 0 Å². The highest BCUT2D eigenvalue weighted by Gasteiger charge is 1.98. The standard InChI is InChI=1S/C17H21NOS/c1-18(2)15-9-11-17(12-10-15)20-14-6-13-19-16-7-4-3-5-8-16/h3-5,7-12H,6,13-14H2,1-2H3. The Morgan fingerprint density at radius 3 is 2.30 bits per heavy atom. The highest BCUT2D eigenvalue weighted by molar-refractivity contribution is 7.99. The molecule has 2 nitrogen and oxygen atoms in total. The van der Waals surface area contributed by atoms with E-state index in [1.54, 1.807) is 0 Å². The molecular weight excluding hydrogens is 266 g/mol. The van der Waals surface area contributed by atoms with Crippen LogP contribution in [0.2, 0.25) is 0 Å². The highest BCUT2D eigenvalue weighted by Crippen LogP contribution is 2.22. The van der Waals surface area contributed by atoms with Crippen molar-refractivity contribution >= 4 is 17.4 Å². The van der Waals surface area contributed by atoms with Crippen molar-refractivity contribution in [2.75, 3.05) is 31.4 Å². The molecule has 2 rings (SSSR count). The largest absolute Gasteiger partial charge is 0.494 e. The lowest BCUT2D eigenvalue weighted by molar-refractivity contribution is 0.319. The maximum Gasteiger partial charge on any atom is 0.119 e. The van der Waals surface area contributed by atoms with Crippen LogP contribution >= 0.6 is 11.8 Å². The van der Waals surface area contributed by atoms with E-state index in [4.69, 9.17) is 4.74 Å². The van der Waals surface area contributed by atoms with Crippen molar-refractivity contribution in [2.24, 2.45) is 0 Å². The van der Waals surface area contributed by atoms with Gasteiger partial charge in [-0.1, -0.05) is 18.2 Å². The third-order valence-electron chi connectivity index (χ3n) is 2.92. The van der Waals surface area contributed by atoms with E-state index in [-0.39, 0.29) is 0 Å². The molecule has 20 heavy (non-hydrogen) atoms. The van der Waals surface area contributed by atoms with Gasteiger partial charge in [-0.25, -0.2) is 0 Å². The van der Waals surface area contributed by atoms with Crippen molar-refractivity contribution in [3.8, 4) is 5.75 Å². The fraction of sp³-hybridized carbons (Fsp3) is 0.294. The first-order valence-electron chi connectivity index (χ1n) is 6.84. The van der Waals surface area contributed by atoms with Crippen LogP contribution < -0.4 is 9.64 Å². The molecule has 0 unspecified atom stereocenters. The Bertz CT molecular complexity index is 496. The Balaban J connectivity index is 1.66. The molecule has 0 N–H and O–H groups in total. The van der Waals surface area contributed by atoms with Crippen LogP contribution in [0.3, 0.4) is 0 Å². The number of benzene rings is 2. The molecule has 0 radical (unpaired) electrons. The van der Waals surface area contributed by atoms with E-state index in [9.17, 15) is 0 Å². The van der Waals surface area contributed by atoms with E-state index in [1.807, 2.05) is 42.1 Å². The number of nitrogens with zero attached hydrogens (tertiary/aromatic N) is 1. The molecule has 0 spiro atoms. The maximum atomic E-state index is 5.67. The average molecular weight is 287 g/mol. The summed E-state index contributed by atoms with van der Waals surface area (Å²) in [4.78, 5) is 3.43. The number of hydrogen-bond donors (Lipinski definition) is 0. The van der Waals surface area contributed by atoms with Crippen molar-refractivity contribution in [2.45, 2.75) is 11.3 Å². The van der Waals surface area contributed by atoms with Crippen LogP contribution in [0.15, 0.2) is 59.5 Å². The second-order valence-corrected chi connectivity index (χ2v) is 5.92. The van der Waals surface area contributed by atoms with E-state index < -0.39 is 0 Å². The summed E-state index contributed by atoms with van der Waals surface area (Å²) in [6.45, 7) is 0.771. The first-order chi connectivity index (χ1) is 9.75. The van der Waals surface area contributed by atoms with Crippen LogP contribution in [-0.2, 0) is 0 Å². The van der Waals surface area contributed by atoms with Gasteiger partial charge in [-0.2, -0.15) is 0 Å². The quantitative estimate of drug-likeness (QED) is 0.556. The zero-order valence-corrected chi connectivity index (χ0v) is 12.9. The third kappa shape index (κ3) is 4.82. The molecule has 0 aliphatic carbocycles. The van der Waals surface area contributed by atoms with Gasteiger partial charge in [0.05, 0.1) is 6.61 Å². The fourth-order valence-electron chi connectivity index (χ4n) is 1.80. The molecule has 0 heterocycles. The van der Waals surface area contributed by atoms with Gasteiger partial charge in [-0.05, 0) is 42.8 Å². The predicted octanol–water partition coefficient (Wildman–Crippen LogP) is 4.31. The molecule has 0 aliphatic heterocycles. The minimum absolute atomic E-state index is 0.771. The van der Waals surface area contributed by atoms with Crippen LogP contribution in [0, 0.1) is 0 Å². The Kier molecular flexibility index (Phi) is 5.81. The van der Waals surface area contributed by atoms with E-state index in [1.165, 1.54) is 10.6 Å². The Morgan fingerprint density at radius 1 is 0.950 bits per heavy atom. The fourth-order valence-corrected chi connectivity index (χ4v) is 2.62. The molecule has 0 saturated heterocycles. The summed E-state index contributed by atoms with van der Waals surface area (Å²) in [5.41, 5.74) is 1.24. The Hall–Kier alpha value is -1.61. The lowest BCUT2D eigenvalue weighted by atomic mass is 10.3. The van der Waals surface area contributed by atoms with Crippen molar-refractivity contribution in [3.05, 3.63) is 54.6 Å². The van der Waals surface area contributed by atoms with Crippen LogP contribution in [0.1, 0.15) is 6.42 Å². The van der Waals surface area contributed by atoms with Gasteiger partial charge in [0.1, 0.15) is 5.75 Å². The Morgan fingerprint density at radius 2 is 1.65 bits per heavy atom. The van der Waals surface area contributed by atoms with Gasteiger partial charge in [0.15, 0.2) is 0 Å². The molecule has 0 aromatic heterocycles. The van der Waals surface area contributed by atoms with Crippen LogP contribution in [-0.4, -0.2) is 26.5 Å². The van der Waals surface area contributed by atoms with E-state index >= 15 is 0 Å². The predicted molar refractivity (Wildman–Crippen MR) is 88.0 cm³/mol. The number of ether oxygens (including phenoxy) is 1. The normalized spacial score (nSPS) is 10.3. The zero-order chi connectivity index (χ0) is 14.2. The van der Waals surface area contributed by atoms with Crippen LogP contribution in [0.25, 0.3) is 0 Å². The summed E-state index contributed by atoms with van der Waals surface area (Å²) < 4.78 is 5.67. The number of hydrogen-bond acceptors (Lipinski definition) is 3. The second kappa shape index (κ2) is 7.85. The topological polar surface area (TPSA) is 12.5 Å². The summed E-state index contributed by atoms with van der Waals surface area (Å²) in [6, 6.07) is 18.6. The van der Waals surface area contributed by atoms with E-state index in [2.05, 4.69) is 43.3 Å². The van der Waals surface area contributed by atoms with Gasteiger partial charge in [0, 0.05) is 30.4 Å². The smallest absolute Gasteiger partial charge is 0.119 e. The van der Waals surface area contributed by atoms with Gasteiger partial charge in [-0.15, -0.1) is 11.8 Å². The summed E-state index contributed by atoms with van der Waals surface area (Å²) in [7, 11) is 4.12. The van der Waals surface area contributed by atoms with Gasteiger partial charge < -0.3 is 9.64 Å². The van der Waals surface area contributed by atoms with Gasteiger partial charge in [-0.3, -0.25) is 0 Å². The van der Waals surface area contributed by atoms with Gasteiger partial charge in [0.2, 0.25) is 0 Å². The molecule has 0 atom stereocenters. The third-order valence-corrected chi connectivity index (χ3v) is 4.02. The minimum Gasteiger partial charge on any atom is -0.494 e. The molecule has 2 aromatic rings. The summed E-state index contributed by atoms with van der Waals surface area (Å²) in [5.74, 6) is 2.03. The summed E-state index contributed by atoms with van der Waals surface area (Å²) in [6.07, 6.45) is 1.05. The summed E-state index contributed by atoms with van der Waals surface area (Å²) in [5, 5.41) is 0. The number of para-hydroxylation sites is 1. The highest BCUT2D eigenvalue weighted by atomic mass is 32.2. The molecule has 0 bridgehead atoms. The molecule has 0 fully saturated rings. The lowest BCUT2D eigenvalue weighted by Crippen LogP contribution is -2.07. The van der Waals surface area contributed by atoms with E-state index in [0.29, 0.717) is 0 Å².